The number of aromatic nitrogens is 3. The lowest BCUT2D eigenvalue weighted by Crippen LogP contribution is -2.38. The van der Waals surface area contributed by atoms with E-state index in [1.807, 2.05) is 24.6 Å². The van der Waals surface area contributed by atoms with Crippen molar-refractivity contribution in [3.8, 4) is 0 Å². The summed E-state index contributed by atoms with van der Waals surface area (Å²) in [6.07, 6.45) is 10.0. The zero-order chi connectivity index (χ0) is 16.5. The van der Waals surface area contributed by atoms with Crippen LogP contribution in [-0.4, -0.2) is 33.8 Å². The highest BCUT2D eigenvalue weighted by molar-refractivity contribution is 5.79. The molecule has 23 heavy (non-hydrogen) atoms. The molecule has 2 rings (SSSR count). The highest BCUT2D eigenvalue weighted by Crippen LogP contribution is 2.28. The van der Waals surface area contributed by atoms with Gasteiger partial charge in [0.05, 0.1) is 0 Å². The average Bonchev–Trinajstić information content (AvgIpc) is 3.18. The van der Waals surface area contributed by atoms with Crippen LogP contribution in [0.1, 0.15) is 50.2 Å². The van der Waals surface area contributed by atoms with Gasteiger partial charge in [0.15, 0.2) is 11.8 Å². The van der Waals surface area contributed by atoms with Crippen LogP contribution in [-0.2, 0) is 13.6 Å². The van der Waals surface area contributed by atoms with Gasteiger partial charge >= 0.3 is 0 Å². The molecule has 6 nitrogen and oxygen atoms in total. The lowest BCUT2D eigenvalue weighted by molar-refractivity contribution is 0.481. The van der Waals surface area contributed by atoms with Crippen molar-refractivity contribution in [3.63, 3.8) is 0 Å². The summed E-state index contributed by atoms with van der Waals surface area (Å²) in [4.78, 5) is 4.60. The molecule has 1 saturated carbocycles. The van der Waals surface area contributed by atoms with Crippen LogP contribution in [0.3, 0.4) is 0 Å². The largest absolute Gasteiger partial charge is 0.356 e. The fourth-order valence-electron chi connectivity index (χ4n) is 2.98. The Morgan fingerprint density at radius 3 is 2.78 bits per heavy atom. The second kappa shape index (κ2) is 9.33. The van der Waals surface area contributed by atoms with Crippen LogP contribution >= 0.6 is 0 Å². The van der Waals surface area contributed by atoms with Crippen molar-refractivity contribution >= 4 is 5.96 Å². The van der Waals surface area contributed by atoms with Gasteiger partial charge in [-0.1, -0.05) is 31.8 Å². The Kier molecular flexibility index (Phi) is 7.10. The quantitative estimate of drug-likeness (QED) is 0.334. The van der Waals surface area contributed by atoms with E-state index in [0.29, 0.717) is 13.1 Å². The van der Waals surface area contributed by atoms with Crippen molar-refractivity contribution in [2.45, 2.75) is 52.0 Å². The first-order chi connectivity index (χ1) is 11.2. The lowest BCUT2D eigenvalue weighted by atomic mass is 10.0. The van der Waals surface area contributed by atoms with Gasteiger partial charge in [-0.25, -0.2) is 4.99 Å². The van der Waals surface area contributed by atoms with Crippen LogP contribution < -0.4 is 10.6 Å². The van der Waals surface area contributed by atoms with E-state index >= 15 is 0 Å². The molecule has 1 aliphatic rings. The third-order valence-electron chi connectivity index (χ3n) is 4.53. The van der Waals surface area contributed by atoms with Gasteiger partial charge < -0.3 is 15.2 Å². The van der Waals surface area contributed by atoms with Gasteiger partial charge in [-0.05, 0) is 25.7 Å². The molecular formula is C17H30N6. The van der Waals surface area contributed by atoms with Crippen LogP contribution in [0.5, 0.6) is 0 Å². The molecule has 1 aromatic rings. The van der Waals surface area contributed by atoms with Gasteiger partial charge in [-0.3, -0.25) is 0 Å². The summed E-state index contributed by atoms with van der Waals surface area (Å²) in [5, 5.41) is 14.9. The SMILES string of the molecule is C=CCNC(=NCc1nnc(C)n1C)NCCCC1CCCC1. The van der Waals surface area contributed by atoms with Crippen LogP contribution in [0.4, 0.5) is 0 Å². The molecule has 1 aromatic heterocycles. The van der Waals surface area contributed by atoms with E-state index in [0.717, 1.165) is 30.1 Å². The fraction of sp³-hybridized carbons (Fsp3) is 0.706. The van der Waals surface area contributed by atoms with Crippen molar-refractivity contribution in [1.82, 2.24) is 25.4 Å². The average molecular weight is 318 g/mol. The Morgan fingerprint density at radius 2 is 2.13 bits per heavy atom. The highest BCUT2D eigenvalue weighted by atomic mass is 15.3. The number of hydrogen-bond acceptors (Lipinski definition) is 3. The maximum absolute atomic E-state index is 4.60. The molecule has 0 unspecified atom stereocenters. The van der Waals surface area contributed by atoms with Gasteiger partial charge in [-0.15, -0.1) is 16.8 Å². The van der Waals surface area contributed by atoms with Gasteiger partial charge in [-0.2, -0.15) is 0 Å². The topological polar surface area (TPSA) is 67.1 Å². The molecule has 1 heterocycles. The van der Waals surface area contributed by atoms with E-state index in [1.165, 1.54) is 38.5 Å². The van der Waals surface area contributed by atoms with Crippen LogP contribution in [0.15, 0.2) is 17.6 Å². The number of nitrogens with zero attached hydrogens (tertiary/aromatic N) is 4. The van der Waals surface area contributed by atoms with Crippen molar-refractivity contribution in [2.75, 3.05) is 13.1 Å². The molecule has 0 aromatic carbocycles. The third kappa shape index (κ3) is 5.69. The molecule has 128 valence electrons. The standard InChI is InChI=1S/C17H30N6/c1-4-11-18-17(19-12-7-10-15-8-5-6-9-15)20-13-16-22-21-14(2)23(16)3/h4,15H,1,5-13H2,2-3H3,(H2,18,19,20). The molecule has 0 amide bonds. The number of aliphatic imine (C=N–C) groups is 1. The Labute approximate surface area is 139 Å². The van der Waals surface area contributed by atoms with Crippen LogP contribution in [0.2, 0.25) is 0 Å². The Bertz CT molecular complexity index is 513. The maximum Gasteiger partial charge on any atom is 0.191 e. The summed E-state index contributed by atoms with van der Waals surface area (Å²) in [5.41, 5.74) is 0. The minimum Gasteiger partial charge on any atom is -0.356 e. The Morgan fingerprint density at radius 1 is 1.35 bits per heavy atom. The summed E-state index contributed by atoms with van der Waals surface area (Å²) in [5.74, 6) is 3.53. The maximum atomic E-state index is 4.60. The molecule has 0 bridgehead atoms. The first-order valence-corrected chi connectivity index (χ1v) is 8.68. The molecule has 0 aliphatic heterocycles. The van der Waals surface area contributed by atoms with Gasteiger partial charge in [0.2, 0.25) is 0 Å². The normalized spacial score (nSPS) is 15.8. The first-order valence-electron chi connectivity index (χ1n) is 8.68. The van der Waals surface area contributed by atoms with E-state index < -0.39 is 0 Å². The molecule has 6 heteroatoms. The summed E-state index contributed by atoms with van der Waals surface area (Å²) >= 11 is 0. The number of aryl methyl sites for hydroxylation is 1. The molecule has 0 radical (unpaired) electrons. The minimum absolute atomic E-state index is 0.520. The van der Waals surface area contributed by atoms with E-state index in [1.54, 1.807) is 0 Å². The van der Waals surface area contributed by atoms with E-state index in [9.17, 15) is 0 Å². The summed E-state index contributed by atoms with van der Waals surface area (Å²) < 4.78 is 1.97. The van der Waals surface area contributed by atoms with Crippen LogP contribution in [0.25, 0.3) is 0 Å². The van der Waals surface area contributed by atoms with Crippen LogP contribution in [0, 0.1) is 12.8 Å². The first kappa shape index (κ1) is 17.5. The monoisotopic (exact) mass is 318 g/mol. The molecule has 0 atom stereocenters. The molecule has 0 spiro atoms. The summed E-state index contributed by atoms with van der Waals surface area (Å²) in [6, 6.07) is 0. The molecular weight excluding hydrogens is 288 g/mol. The molecule has 1 fully saturated rings. The predicted molar refractivity (Wildman–Crippen MR) is 94.3 cm³/mol. The predicted octanol–water partition coefficient (Wildman–Crippen LogP) is 2.32. The summed E-state index contributed by atoms with van der Waals surface area (Å²) in [7, 11) is 1.96. The number of nitrogens with one attached hydrogen (secondary N) is 2. The smallest absolute Gasteiger partial charge is 0.191 e. The summed E-state index contributed by atoms with van der Waals surface area (Å²) in [6.45, 7) is 7.86. The Balaban J connectivity index is 1.79. The number of hydrogen-bond donors (Lipinski definition) is 2. The van der Waals surface area contributed by atoms with Gasteiger partial charge in [0.25, 0.3) is 0 Å². The minimum atomic E-state index is 0.520. The number of rotatable bonds is 8. The third-order valence-corrected chi connectivity index (χ3v) is 4.53. The molecule has 1 aliphatic carbocycles. The van der Waals surface area contributed by atoms with E-state index in [-0.39, 0.29) is 0 Å². The van der Waals surface area contributed by atoms with Gasteiger partial charge in [0.1, 0.15) is 12.4 Å². The zero-order valence-electron chi connectivity index (χ0n) is 14.5. The Hall–Kier alpha value is -1.85. The van der Waals surface area contributed by atoms with E-state index in [2.05, 4.69) is 32.4 Å². The molecule has 2 N–H and O–H groups in total. The second-order valence-corrected chi connectivity index (χ2v) is 6.28. The highest BCUT2D eigenvalue weighted by Gasteiger charge is 2.14. The van der Waals surface area contributed by atoms with Crippen molar-refractivity contribution in [1.29, 1.82) is 0 Å². The second-order valence-electron chi connectivity index (χ2n) is 6.28. The zero-order valence-corrected chi connectivity index (χ0v) is 14.5. The van der Waals surface area contributed by atoms with Crippen molar-refractivity contribution < 1.29 is 0 Å². The van der Waals surface area contributed by atoms with E-state index in [4.69, 9.17) is 0 Å². The number of guanidine groups is 1. The lowest BCUT2D eigenvalue weighted by Gasteiger charge is -2.13. The van der Waals surface area contributed by atoms with Crippen molar-refractivity contribution in [3.05, 3.63) is 24.3 Å². The van der Waals surface area contributed by atoms with Crippen molar-refractivity contribution in [2.24, 2.45) is 18.0 Å². The molecule has 0 saturated heterocycles. The van der Waals surface area contributed by atoms with Gasteiger partial charge in [0, 0.05) is 20.1 Å². The fourth-order valence-corrected chi connectivity index (χ4v) is 2.98.